The van der Waals surface area contributed by atoms with Crippen molar-refractivity contribution < 1.29 is 4.57 Å². The van der Waals surface area contributed by atoms with E-state index >= 15 is 0 Å². The van der Waals surface area contributed by atoms with Crippen molar-refractivity contribution in [3.8, 4) is 22.4 Å². The van der Waals surface area contributed by atoms with E-state index in [1.165, 1.54) is 55.4 Å². The van der Waals surface area contributed by atoms with Crippen LogP contribution in [0.2, 0.25) is 0 Å². The smallest absolute Gasteiger partial charge is 0.200 e. The molecule has 4 rings (SSSR count). The Hall–Kier alpha value is -2.93. The van der Waals surface area contributed by atoms with Crippen molar-refractivity contribution in [1.82, 2.24) is 0 Å². The fourth-order valence-corrected chi connectivity index (χ4v) is 4.49. The highest BCUT2D eigenvalue weighted by Gasteiger charge is 2.22. The summed E-state index contributed by atoms with van der Waals surface area (Å²) in [5, 5.41) is 2.58. The molecule has 0 saturated carbocycles. The van der Waals surface area contributed by atoms with Gasteiger partial charge in [0, 0.05) is 6.07 Å². The van der Waals surface area contributed by atoms with Crippen LogP contribution in [0.1, 0.15) is 62.8 Å². The zero-order valence-corrected chi connectivity index (χ0v) is 20.9. The average Bonchev–Trinajstić information content (AvgIpc) is 2.75. The van der Waals surface area contributed by atoms with E-state index in [1.807, 2.05) is 0 Å². The Labute approximate surface area is 193 Å². The lowest BCUT2D eigenvalue weighted by atomic mass is 9.82. The van der Waals surface area contributed by atoms with Crippen LogP contribution in [-0.4, -0.2) is 0 Å². The third kappa shape index (κ3) is 4.09. The van der Waals surface area contributed by atoms with E-state index in [9.17, 15) is 0 Å². The van der Waals surface area contributed by atoms with Crippen molar-refractivity contribution in [3.63, 3.8) is 0 Å². The van der Waals surface area contributed by atoms with Gasteiger partial charge in [-0.3, -0.25) is 0 Å². The van der Waals surface area contributed by atoms with Gasteiger partial charge in [-0.25, -0.2) is 4.57 Å². The molecule has 1 aromatic heterocycles. The second kappa shape index (κ2) is 8.20. The van der Waals surface area contributed by atoms with Gasteiger partial charge < -0.3 is 0 Å². The van der Waals surface area contributed by atoms with Crippen LogP contribution < -0.4 is 4.57 Å². The van der Waals surface area contributed by atoms with Crippen LogP contribution in [0, 0.1) is 13.8 Å². The lowest BCUT2D eigenvalue weighted by Gasteiger charge is -2.22. The van der Waals surface area contributed by atoms with Gasteiger partial charge in [-0.15, -0.1) is 0 Å². The first-order valence-electron chi connectivity index (χ1n) is 11.7. The number of pyridine rings is 1. The molecule has 0 spiro atoms. The maximum absolute atomic E-state index is 2.40. The van der Waals surface area contributed by atoms with Crippen LogP contribution in [-0.2, 0) is 12.5 Å². The van der Waals surface area contributed by atoms with Crippen LogP contribution in [0.25, 0.3) is 33.2 Å². The van der Waals surface area contributed by atoms with Gasteiger partial charge >= 0.3 is 0 Å². The van der Waals surface area contributed by atoms with Gasteiger partial charge in [-0.05, 0) is 82.1 Å². The normalized spacial score (nSPS) is 12.0. The molecule has 0 aliphatic carbocycles. The van der Waals surface area contributed by atoms with Crippen LogP contribution in [0.3, 0.4) is 0 Å². The topological polar surface area (TPSA) is 3.88 Å². The number of rotatable bonds is 3. The number of hydrogen-bond acceptors (Lipinski definition) is 0. The maximum Gasteiger partial charge on any atom is 0.220 e. The number of fused-ring (bicyclic) bond motifs is 1. The molecule has 0 atom stereocenters. The third-order valence-electron chi connectivity index (χ3n) is 6.84. The monoisotopic (exact) mass is 422 g/mol. The second-order valence-corrected chi connectivity index (χ2v) is 10.6. The molecular formula is C31H36N+. The van der Waals surface area contributed by atoms with E-state index in [1.54, 1.807) is 0 Å². The van der Waals surface area contributed by atoms with Gasteiger partial charge in [-0.2, -0.15) is 0 Å². The summed E-state index contributed by atoms with van der Waals surface area (Å²) in [6.45, 7) is 15.8. The van der Waals surface area contributed by atoms with E-state index in [0.29, 0.717) is 5.92 Å². The summed E-state index contributed by atoms with van der Waals surface area (Å²) >= 11 is 0. The molecule has 0 aliphatic heterocycles. The molecule has 0 N–H and O–H groups in total. The predicted octanol–water partition coefficient (Wildman–Crippen LogP) is 8.04. The first kappa shape index (κ1) is 22.3. The summed E-state index contributed by atoms with van der Waals surface area (Å²) in [5.74, 6) is 0.554. The van der Waals surface area contributed by atoms with Gasteiger partial charge in [0.25, 0.3) is 0 Å². The number of aromatic nitrogens is 1. The van der Waals surface area contributed by atoms with E-state index in [-0.39, 0.29) is 5.41 Å². The molecular weight excluding hydrogens is 386 g/mol. The van der Waals surface area contributed by atoms with E-state index in [2.05, 4.69) is 127 Å². The number of hydrogen-bond donors (Lipinski definition) is 0. The van der Waals surface area contributed by atoms with Gasteiger partial charge in [0.2, 0.25) is 5.69 Å². The van der Waals surface area contributed by atoms with E-state index in [4.69, 9.17) is 0 Å². The summed E-state index contributed by atoms with van der Waals surface area (Å²) in [6, 6.07) is 22.9. The maximum atomic E-state index is 2.40. The van der Waals surface area contributed by atoms with Gasteiger partial charge in [0.15, 0.2) is 6.20 Å². The Morgan fingerprint density at radius 3 is 2.06 bits per heavy atom. The Morgan fingerprint density at radius 2 is 1.44 bits per heavy atom. The zero-order valence-electron chi connectivity index (χ0n) is 20.9. The first-order valence-corrected chi connectivity index (χ1v) is 11.7. The van der Waals surface area contributed by atoms with Crippen molar-refractivity contribution in [3.05, 3.63) is 89.1 Å². The highest BCUT2D eigenvalue weighted by atomic mass is 14.9. The number of nitrogens with zero attached hydrogens (tertiary/aromatic N) is 1. The molecule has 0 amide bonds. The van der Waals surface area contributed by atoms with Crippen molar-refractivity contribution in [1.29, 1.82) is 0 Å². The molecule has 0 unspecified atom stereocenters. The molecule has 1 heteroatoms. The predicted molar refractivity (Wildman–Crippen MR) is 138 cm³/mol. The second-order valence-electron chi connectivity index (χ2n) is 10.6. The van der Waals surface area contributed by atoms with E-state index in [0.717, 1.165) is 0 Å². The summed E-state index contributed by atoms with van der Waals surface area (Å²) in [4.78, 5) is 0. The highest BCUT2D eigenvalue weighted by Crippen LogP contribution is 2.35. The molecule has 3 aromatic carbocycles. The van der Waals surface area contributed by atoms with E-state index < -0.39 is 0 Å². The molecule has 0 saturated heterocycles. The summed E-state index contributed by atoms with van der Waals surface area (Å²) in [5.41, 5.74) is 10.7. The fraction of sp³-hybridized carbons (Fsp3) is 0.323. The Kier molecular flexibility index (Phi) is 5.71. The summed E-state index contributed by atoms with van der Waals surface area (Å²) in [6.07, 6.45) is 2.20. The van der Waals surface area contributed by atoms with Crippen LogP contribution >= 0.6 is 0 Å². The standard InChI is InChI=1S/C31H36N/c1-20(2)23-9-11-24(12-10-23)25-13-14-28-26(18-25)15-16-32(8)30(28)29-19-27(31(5,6)7)17-21(3)22(29)4/h9-20H,1-8H3/q+1. The Bertz CT molecular complexity index is 1290. The minimum Gasteiger partial charge on any atom is -0.200 e. The van der Waals surface area contributed by atoms with Crippen molar-refractivity contribution in [2.75, 3.05) is 0 Å². The Balaban J connectivity index is 1.89. The lowest BCUT2D eigenvalue weighted by molar-refractivity contribution is -0.659. The van der Waals surface area contributed by atoms with Crippen molar-refractivity contribution in [2.24, 2.45) is 7.05 Å². The quantitative estimate of drug-likeness (QED) is 0.294. The molecule has 0 aliphatic rings. The highest BCUT2D eigenvalue weighted by molar-refractivity contribution is 5.96. The van der Waals surface area contributed by atoms with Crippen LogP contribution in [0.5, 0.6) is 0 Å². The van der Waals surface area contributed by atoms with Gasteiger partial charge in [0.1, 0.15) is 7.05 Å². The molecule has 164 valence electrons. The average molecular weight is 423 g/mol. The number of aryl methyl sites for hydroxylation is 2. The molecule has 0 bridgehead atoms. The molecule has 1 nitrogen and oxygen atoms in total. The zero-order chi connectivity index (χ0) is 23.2. The van der Waals surface area contributed by atoms with Crippen LogP contribution in [0.4, 0.5) is 0 Å². The fourth-order valence-electron chi connectivity index (χ4n) is 4.49. The molecule has 4 aromatic rings. The first-order chi connectivity index (χ1) is 15.1. The summed E-state index contributed by atoms with van der Waals surface area (Å²) < 4.78 is 2.27. The van der Waals surface area contributed by atoms with Crippen molar-refractivity contribution >= 4 is 10.8 Å². The minimum atomic E-state index is 0.117. The number of benzene rings is 3. The largest absolute Gasteiger partial charge is 0.220 e. The SMILES string of the molecule is Cc1cc(C(C)(C)C)cc(-c2c3ccc(-c4ccc(C(C)C)cc4)cc3cc[n+]2C)c1C. The van der Waals surface area contributed by atoms with Gasteiger partial charge in [0.05, 0.1) is 10.9 Å². The van der Waals surface area contributed by atoms with Crippen LogP contribution in [0.15, 0.2) is 66.9 Å². The van der Waals surface area contributed by atoms with Gasteiger partial charge in [-0.1, -0.05) is 71.0 Å². The third-order valence-corrected chi connectivity index (χ3v) is 6.84. The minimum absolute atomic E-state index is 0.117. The van der Waals surface area contributed by atoms with Crippen molar-refractivity contribution in [2.45, 2.75) is 59.8 Å². The molecule has 0 radical (unpaired) electrons. The summed E-state index contributed by atoms with van der Waals surface area (Å²) in [7, 11) is 2.16. The lowest BCUT2D eigenvalue weighted by Crippen LogP contribution is -2.31. The molecule has 1 heterocycles. The molecule has 32 heavy (non-hydrogen) atoms. The molecule has 0 fully saturated rings. The Morgan fingerprint density at radius 1 is 0.781 bits per heavy atom.